The highest BCUT2D eigenvalue weighted by Gasteiger charge is 2.19. The molecule has 0 fully saturated rings. The third-order valence-corrected chi connectivity index (χ3v) is 4.98. The molecule has 0 saturated heterocycles. The number of rotatable bonds is 2. The Labute approximate surface area is 173 Å². The molecule has 10 heteroatoms. The van der Waals surface area contributed by atoms with Crippen LogP contribution in [-0.2, 0) is 9.47 Å². The van der Waals surface area contributed by atoms with Crippen LogP contribution in [0.25, 0.3) is 22.2 Å². The highest BCUT2D eigenvalue weighted by molar-refractivity contribution is 14.1. The van der Waals surface area contributed by atoms with Crippen molar-refractivity contribution in [3.8, 4) is 0 Å². The number of esters is 2. The van der Waals surface area contributed by atoms with E-state index in [1.54, 1.807) is 18.4 Å². The molecule has 0 bridgehead atoms. The maximum atomic E-state index is 11.3. The fourth-order valence-electron chi connectivity index (χ4n) is 2.23. The molecule has 4 aromatic heterocycles. The van der Waals surface area contributed by atoms with Crippen molar-refractivity contribution in [2.24, 2.45) is 0 Å². The summed E-state index contributed by atoms with van der Waals surface area (Å²) in [7, 11) is 2.69. The van der Waals surface area contributed by atoms with E-state index in [9.17, 15) is 9.59 Å². The van der Waals surface area contributed by atoms with Gasteiger partial charge in [-0.05, 0) is 45.2 Å². The number of H-pyrrole nitrogens is 2. The molecule has 0 aliphatic rings. The van der Waals surface area contributed by atoms with E-state index in [0.29, 0.717) is 22.6 Å². The van der Waals surface area contributed by atoms with Crippen LogP contribution < -0.4 is 0 Å². The Kier molecular flexibility index (Phi) is 5.60. The first-order chi connectivity index (χ1) is 12.4. The van der Waals surface area contributed by atoms with Crippen LogP contribution in [0, 0.1) is 7.34 Å². The first-order valence-electron chi connectivity index (χ1n) is 7.14. The van der Waals surface area contributed by atoms with Crippen LogP contribution in [0.4, 0.5) is 0 Å². The van der Waals surface area contributed by atoms with Crippen molar-refractivity contribution in [3.05, 3.63) is 43.2 Å². The third-order valence-electron chi connectivity index (χ3n) is 3.42. The summed E-state index contributed by atoms with van der Waals surface area (Å²) >= 11 is 4.14. The summed E-state index contributed by atoms with van der Waals surface area (Å²) in [5.41, 5.74) is 3.84. The van der Waals surface area contributed by atoms with Gasteiger partial charge in [-0.1, -0.05) is 0 Å². The molecule has 0 unspecified atom stereocenters. The largest absolute Gasteiger partial charge is 0.464 e. The average molecular weight is 582 g/mol. The molecule has 4 rings (SSSR count). The van der Waals surface area contributed by atoms with Gasteiger partial charge in [0.1, 0.15) is 11.4 Å². The zero-order valence-electron chi connectivity index (χ0n) is 13.5. The summed E-state index contributed by atoms with van der Waals surface area (Å²) in [4.78, 5) is 28.1. The molecule has 0 atom stereocenters. The first kappa shape index (κ1) is 18.8. The molecule has 0 saturated carbocycles. The summed E-state index contributed by atoms with van der Waals surface area (Å²) in [6, 6.07) is 5.20. The zero-order valence-corrected chi connectivity index (χ0v) is 17.8. The summed E-state index contributed by atoms with van der Waals surface area (Å²) in [5, 5.41) is 0. The number of carbonyl (C=O) groups excluding carboxylic acids is 2. The lowest BCUT2D eigenvalue weighted by atomic mass is 10.4. The standard InChI is InChI=1S/C8H5I2NO3.C8H7NO3/c1-13-8(12)6-5(10)7-3(11-6)2-4(9)14-7;1-11-8(10)6-4-7-5(9-6)2-3-12-7/h2,11H,1H3;2-4,9H,1H3. The van der Waals surface area contributed by atoms with Gasteiger partial charge in [0.25, 0.3) is 0 Å². The second-order valence-electron chi connectivity index (χ2n) is 4.97. The Morgan fingerprint density at radius 2 is 1.77 bits per heavy atom. The number of fused-ring (bicyclic) bond motifs is 2. The topological polar surface area (TPSA) is 110 Å². The molecule has 4 aromatic rings. The molecule has 26 heavy (non-hydrogen) atoms. The van der Waals surface area contributed by atoms with Crippen molar-refractivity contribution in [3.63, 3.8) is 0 Å². The van der Waals surface area contributed by atoms with Crippen molar-refractivity contribution >= 4 is 79.3 Å². The van der Waals surface area contributed by atoms with Gasteiger partial charge in [0, 0.05) is 18.2 Å². The van der Waals surface area contributed by atoms with Gasteiger partial charge in [-0.15, -0.1) is 0 Å². The number of aromatic nitrogens is 2. The number of hydrogen-bond donors (Lipinski definition) is 2. The molecule has 0 radical (unpaired) electrons. The lowest BCUT2D eigenvalue weighted by Crippen LogP contribution is -2.03. The molecule has 0 amide bonds. The molecule has 0 spiro atoms. The van der Waals surface area contributed by atoms with E-state index in [0.717, 1.165) is 18.4 Å². The van der Waals surface area contributed by atoms with Crippen LogP contribution in [0.1, 0.15) is 21.0 Å². The maximum absolute atomic E-state index is 11.3. The van der Waals surface area contributed by atoms with Crippen molar-refractivity contribution in [1.29, 1.82) is 0 Å². The minimum Gasteiger partial charge on any atom is -0.464 e. The van der Waals surface area contributed by atoms with Crippen molar-refractivity contribution in [2.75, 3.05) is 14.2 Å². The smallest absolute Gasteiger partial charge is 0.355 e. The van der Waals surface area contributed by atoms with Gasteiger partial charge >= 0.3 is 11.9 Å². The molecular weight excluding hydrogens is 570 g/mol. The number of ether oxygens (including phenoxy) is 2. The molecule has 0 aliphatic heterocycles. The number of carbonyl (C=O) groups is 2. The predicted molar refractivity (Wildman–Crippen MR) is 109 cm³/mol. The predicted octanol–water partition coefficient (Wildman–Crippen LogP) is 4.30. The summed E-state index contributed by atoms with van der Waals surface area (Å²) in [6.07, 6.45) is 1.56. The normalized spacial score (nSPS) is 10.6. The summed E-state index contributed by atoms with van der Waals surface area (Å²) < 4.78 is 21.2. The lowest BCUT2D eigenvalue weighted by molar-refractivity contribution is 0.0585. The van der Waals surface area contributed by atoms with Crippen molar-refractivity contribution < 1.29 is 27.9 Å². The molecule has 4 heterocycles. The quantitative estimate of drug-likeness (QED) is 0.270. The monoisotopic (exact) mass is 582 g/mol. The number of halogens is 2. The Balaban J connectivity index is 0.000000152. The zero-order chi connectivity index (χ0) is 18.8. The second kappa shape index (κ2) is 7.73. The summed E-state index contributed by atoms with van der Waals surface area (Å²) in [6.45, 7) is 0. The van der Waals surface area contributed by atoms with E-state index in [1.807, 2.05) is 6.07 Å². The minimum absolute atomic E-state index is 0.379. The van der Waals surface area contributed by atoms with Gasteiger partial charge in [0.15, 0.2) is 14.9 Å². The van der Waals surface area contributed by atoms with Crippen LogP contribution in [0.5, 0.6) is 0 Å². The van der Waals surface area contributed by atoms with Gasteiger partial charge in [0.2, 0.25) is 0 Å². The van der Waals surface area contributed by atoms with E-state index >= 15 is 0 Å². The van der Waals surface area contributed by atoms with Gasteiger partial charge in [-0.25, -0.2) is 9.59 Å². The van der Waals surface area contributed by atoms with E-state index in [1.165, 1.54) is 14.2 Å². The Hall–Kier alpha value is -1.96. The molecule has 8 nitrogen and oxygen atoms in total. The Morgan fingerprint density at radius 3 is 2.38 bits per heavy atom. The van der Waals surface area contributed by atoms with E-state index in [4.69, 9.17) is 8.83 Å². The fourth-order valence-corrected chi connectivity index (χ4v) is 3.52. The van der Waals surface area contributed by atoms with Crippen molar-refractivity contribution in [1.82, 2.24) is 9.97 Å². The van der Waals surface area contributed by atoms with E-state index in [-0.39, 0.29) is 11.9 Å². The number of methoxy groups -OCH3 is 2. The van der Waals surface area contributed by atoms with Gasteiger partial charge in [0.05, 0.1) is 35.1 Å². The summed E-state index contributed by atoms with van der Waals surface area (Å²) in [5.74, 6) is -0.766. The van der Waals surface area contributed by atoms with Crippen LogP contribution in [0.3, 0.4) is 0 Å². The van der Waals surface area contributed by atoms with Gasteiger partial charge in [-0.2, -0.15) is 0 Å². The fraction of sp³-hybridized carbons (Fsp3) is 0.125. The minimum atomic E-state index is -0.388. The Bertz CT molecular complexity index is 1060. The SMILES string of the molecule is COC(=O)c1[nH]c2cc(I)oc2c1I.COC(=O)c1cc2occc2[nH]1. The highest BCUT2D eigenvalue weighted by atomic mass is 127. The number of nitrogens with one attached hydrogen (secondary N) is 2. The molecular formula is C16H12I2N2O6. The average Bonchev–Trinajstić information content (AvgIpc) is 3.36. The first-order valence-corrected chi connectivity index (χ1v) is 9.29. The van der Waals surface area contributed by atoms with Gasteiger partial charge in [-0.3, -0.25) is 0 Å². The van der Waals surface area contributed by atoms with Crippen LogP contribution >= 0.6 is 45.2 Å². The maximum Gasteiger partial charge on any atom is 0.355 e. The highest BCUT2D eigenvalue weighted by Crippen LogP contribution is 2.28. The number of furan rings is 2. The third kappa shape index (κ3) is 3.60. The molecule has 0 aromatic carbocycles. The molecule has 136 valence electrons. The lowest BCUT2D eigenvalue weighted by Gasteiger charge is -1.94. The van der Waals surface area contributed by atoms with Crippen LogP contribution in [0.15, 0.2) is 33.3 Å². The molecule has 2 N–H and O–H groups in total. The van der Waals surface area contributed by atoms with E-state index in [2.05, 4.69) is 64.6 Å². The van der Waals surface area contributed by atoms with Crippen LogP contribution in [-0.4, -0.2) is 36.1 Å². The number of aromatic amines is 2. The van der Waals surface area contributed by atoms with Crippen LogP contribution in [0.2, 0.25) is 0 Å². The number of hydrogen-bond acceptors (Lipinski definition) is 6. The Morgan fingerprint density at radius 1 is 1.04 bits per heavy atom. The van der Waals surface area contributed by atoms with E-state index < -0.39 is 0 Å². The second-order valence-corrected chi connectivity index (χ2v) is 7.11. The van der Waals surface area contributed by atoms with Crippen molar-refractivity contribution in [2.45, 2.75) is 0 Å². The molecule has 0 aliphatic carbocycles. The van der Waals surface area contributed by atoms with Gasteiger partial charge < -0.3 is 28.3 Å².